The normalized spacial score (nSPS) is 11.6. The Kier molecular flexibility index (Phi) is 6.34. The Balaban J connectivity index is 1.78. The molecule has 6 nitrogen and oxygen atoms in total. The molecule has 1 aromatic heterocycles. The minimum absolute atomic E-state index is 0.103. The number of aromatic nitrogens is 2. The summed E-state index contributed by atoms with van der Waals surface area (Å²) in [7, 11) is 0. The van der Waals surface area contributed by atoms with E-state index in [-0.39, 0.29) is 12.4 Å². The number of nitrogens with zero attached hydrogens (tertiary/aromatic N) is 2. The van der Waals surface area contributed by atoms with Crippen LogP contribution in [0.4, 0.5) is 5.95 Å². The predicted octanol–water partition coefficient (Wildman–Crippen LogP) is 4.07. The van der Waals surface area contributed by atoms with Gasteiger partial charge in [-0.25, -0.2) is 9.97 Å². The van der Waals surface area contributed by atoms with Crippen LogP contribution in [0.1, 0.15) is 12.0 Å². The summed E-state index contributed by atoms with van der Waals surface area (Å²) < 4.78 is 0. The van der Waals surface area contributed by atoms with Crippen molar-refractivity contribution in [1.82, 2.24) is 9.97 Å². The van der Waals surface area contributed by atoms with Crippen molar-refractivity contribution in [2.24, 2.45) is 5.92 Å². The zero-order valence-electron chi connectivity index (χ0n) is 14.9. The molecule has 0 saturated carbocycles. The molecule has 0 spiro atoms. The number of carboxylic acids is 1. The summed E-state index contributed by atoms with van der Waals surface area (Å²) in [5.41, 5.74) is 2.16. The molecule has 1 unspecified atom stereocenters. The number of carboxylic acid groups (broad SMARTS) is 1. The van der Waals surface area contributed by atoms with Gasteiger partial charge in [0.1, 0.15) is 0 Å². The number of aliphatic carboxylic acids is 1. The summed E-state index contributed by atoms with van der Waals surface area (Å²) in [6.45, 7) is 0. The Bertz CT molecular complexity index is 979. The Labute approximate surface area is 167 Å². The fourth-order valence-electron chi connectivity index (χ4n) is 2.82. The third-order valence-electron chi connectivity index (χ3n) is 4.16. The van der Waals surface area contributed by atoms with Crippen molar-refractivity contribution >= 4 is 29.4 Å². The van der Waals surface area contributed by atoms with E-state index < -0.39 is 17.8 Å². The molecule has 1 heterocycles. The van der Waals surface area contributed by atoms with Gasteiger partial charge < -0.3 is 5.11 Å². The molecule has 1 atom stereocenters. The smallest absolute Gasteiger partial charge is 0.304 e. The number of carbonyl (C=O) groups is 2. The van der Waals surface area contributed by atoms with Crippen LogP contribution < -0.4 is 5.32 Å². The molecule has 1 amide bonds. The van der Waals surface area contributed by atoms with Gasteiger partial charge in [0.05, 0.1) is 18.0 Å². The molecular formula is C21H18ClN3O3. The largest absolute Gasteiger partial charge is 0.481 e. The summed E-state index contributed by atoms with van der Waals surface area (Å²) >= 11 is 6.20. The van der Waals surface area contributed by atoms with Crippen LogP contribution in [0.5, 0.6) is 0 Å². The third kappa shape index (κ3) is 5.14. The zero-order chi connectivity index (χ0) is 19.9. The summed E-state index contributed by atoms with van der Waals surface area (Å²) in [4.78, 5) is 32.3. The third-order valence-corrected chi connectivity index (χ3v) is 4.49. The van der Waals surface area contributed by atoms with E-state index in [0.717, 1.165) is 5.56 Å². The first kappa shape index (κ1) is 19.5. The molecule has 7 heteroatoms. The molecule has 0 aliphatic heterocycles. The van der Waals surface area contributed by atoms with Gasteiger partial charge in [0.25, 0.3) is 0 Å². The number of hydrogen-bond acceptors (Lipinski definition) is 4. The van der Waals surface area contributed by atoms with E-state index >= 15 is 0 Å². The van der Waals surface area contributed by atoms with Gasteiger partial charge in [0.2, 0.25) is 11.9 Å². The van der Waals surface area contributed by atoms with Gasteiger partial charge in [-0.2, -0.15) is 0 Å². The van der Waals surface area contributed by atoms with Crippen molar-refractivity contribution < 1.29 is 14.7 Å². The molecule has 0 aliphatic rings. The highest BCUT2D eigenvalue weighted by Gasteiger charge is 2.23. The van der Waals surface area contributed by atoms with Gasteiger partial charge in [0, 0.05) is 16.8 Å². The minimum Gasteiger partial charge on any atom is -0.481 e. The number of rotatable bonds is 7. The Hall–Kier alpha value is -3.25. The lowest BCUT2D eigenvalue weighted by atomic mass is 9.95. The number of anilines is 1. The van der Waals surface area contributed by atoms with E-state index in [9.17, 15) is 14.7 Å². The molecule has 0 fully saturated rings. The van der Waals surface area contributed by atoms with Crippen molar-refractivity contribution in [3.63, 3.8) is 0 Å². The van der Waals surface area contributed by atoms with E-state index in [2.05, 4.69) is 15.3 Å². The van der Waals surface area contributed by atoms with Gasteiger partial charge >= 0.3 is 5.97 Å². The van der Waals surface area contributed by atoms with Gasteiger partial charge in [-0.1, -0.05) is 60.1 Å². The molecule has 0 aliphatic carbocycles. The second-order valence-corrected chi connectivity index (χ2v) is 6.63. The Morgan fingerprint density at radius 2 is 1.75 bits per heavy atom. The number of nitrogens with one attached hydrogen (secondary N) is 1. The number of halogens is 1. The summed E-state index contributed by atoms with van der Waals surface area (Å²) in [5.74, 6) is -2.12. The summed E-state index contributed by atoms with van der Waals surface area (Å²) in [6.07, 6.45) is 1.54. The zero-order valence-corrected chi connectivity index (χ0v) is 15.6. The van der Waals surface area contributed by atoms with E-state index in [1.54, 1.807) is 12.1 Å². The van der Waals surface area contributed by atoms with E-state index in [1.807, 2.05) is 48.5 Å². The van der Waals surface area contributed by atoms with Crippen LogP contribution in [-0.2, 0) is 16.0 Å². The number of carbonyl (C=O) groups excluding carboxylic acids is 1. The fourth-order valence-corrected chi connectivity index (χ4v) is 3.05. The van der Waals surface area contributed by atoms with Gasteiger partial charge in [-0.15, -0.1) is 0 Å². The molecule has 2 aromatic carbocycles. The second-order valence-electron chi connectivity index (χ2n) is 6.22. The highest BCUT2D eigenvalue weighted by molar-refractivity contribution is 6.33. The standard InChI is InChI=1S/C21H18ClN3O3/c22-17-9-5-4-8-16(17)18-10-11-23-21(24-18)25-20(28)15(13-19(26)27)12-14-6-2-1-3-7-14/h1-11,15H,12-13H2,(H,26,27)(H,23,24,25,28). The number of hydrogen-bond donors (Lipinski definition) is 2. The molecule has 28 heavy (non-hydrogen) atoms. The second kappa shape index (κ2) is 9.10. The monoisotopic (exact) mass is 395 g/mol. The number of benzene rings is 2. The van der Waals surface area contributed by atoms with Crippen LogP contribution in [-0.4, -0.2) is 27.0 Å². The average Bonchev–Trinajstić information content (AvgIpc) is 2.68. The maximum absolute atomic E-state index is 12.7. The molecule has 142 valence electrons. The van der Waals surface area contributed by atoms with E-state index in [4.69, 9.17) is 11.6 Å². The highest BCUT2D eigenvalue weighted by Crippen LogP contribution is 2.26. The maximum atomic E-state index is 12.7. The Morgan fingerprint density at radius 3 is 2.46 bits per heavy atom. The molecule has 3 rings (SSSR count). The van der Waals surface area contributed by atoms with Crippen molar-refractivity contribution in [1.29, 1.82) is 0 Å². The molecule has 0 radical (unpaired) electrons. The topological polar surface area (TPSA) is 92.2 Å². The van der Waals surface area contributed by atoms with E-state index in [0.29, 0.717) is 22.7 Å². The molecule has 3 aromatic rings. The van der Waals surface area contributed by atoms with Gasteiger partial charge in [-0.3, -0.25) is 14.9 Å². The molecular weight excluding hydrogens is 378 g/mol. The maximum Gasteiger partial charge on any atom is 0.304 e. The fraction of sp³-hybridized carbons (Fsp3) is 0.143. The van der Waals surface area contributed by atoms with Crippen LogP contribution in [0, 0.1) is 5.92 Å². The predicted molar refractivity (Wildman–Crippen MR) is 107 cm³/mol. The van der Waals surface area contributed by atoms with Crippen LogP contribution >= 0.6 is 11.6 Å². The lowest BCUT2D eigenvalue weighted by molar-refractivity contribution is -0.140. The molecule has 2 N–H and O–H groups in total. The quantitative estimate of drug-likeness (QED) is 0.629. The number of amides is 1. The van der Waals surface area contributed by atoms with Crippen LogP contribution in [0.15, 0.2) is 66.9 Å². The van der Waals surface area contributed by atoms with Gasteiger partial charge in [-0.05, 0) is 24.1 Å². The lowest BCUT2D eigenvalue weighted by Crippen LogP contribution is -2.27. The molecule has 0 bridgehead atoms. The Morgan fingerprint density at radius 1 is 1.04 bits per heavy atom. The van der Waals surface area contributed by atoms with Crippen molar-refractivity contribution in [2.45, 2.75) is 12.8 Å². The lowest BCUT2D eigenvalue weighted by Gasteiger charge is -2.15. The van der Waals surface area contributed by atoms with Crippen LogP contribution in [0.2, 0.25) is 5.02 Å². The first-order chi connectivity index (χ1) is 13.5. The molecule has 0 saturated heterocycles. The van der Waals surface area contributed by atoms with Gasteiger partial charge in [0.15, 0.2) is 0 Å². The highest BCUT2D eigenvalue weighted by atomic mass is 35.5. The SMILES string of the molecule is O=C(O)CC(Cc1ccccc1)C(=O)Nc1nccc(-c2ccccc2Cl)n1. The average molecular weight is 396 g/mol. The first-order valence-electron chi connectivity index (χ1n) is 8.67. The van der Waals surface area contributed by atoms with E-state index in [1.165, 1.54) is 6.20 Å². The van der Waals surface area contributed by atoms with Crippen LogP contribution in [0.25, 0.3) is 11.3 Å². The summed E-state index contributed by atoms with van der Waals surface area (Å²) in [5, 5.41) is 12.3. The minimum atomic E-state index is -1.04. The van der Waals surface area contributed by atoms with Crippen molar-refractivity contribution in [3.05, 3.63) is 77.4 Å². The van der Waals surface area contributed by atoms with Crippen molar-refractivity contribution in [2.75, 3.05) is 5.32 Å². The van der Waals surface area contributed by atoms with Crippen molar-refractivity contribution in [3.8, 4) is 11.3 Å². The summed E-state index contributed by atoms with van der Waals surface area (Å²) in [6, 6.07) is 18.2. The van der Waals surface area contributed by atoms with Crippen LogP contribution in [0.3, 0.4) is 0 Å². The first-order valence-corrected chi connectivity index (χ1v) is 9.05.